The smallest absolute Gasteiger partial charge is 0.337 e. The van der Waals surface area contributed by atoms with E-state index in [1.54, 1.807) is 6.92 Å². The molecule has 0 amide bonds. The molecular formula is C10H12O5. The number of carboxylic acids is 1. The number of phenolic OH excluding ortho intramolecular Hbond substituents is 1. The number of carboxylic acid groups (broad SMARTS) is 1. The van der Waals surface area contributed by atoms with Gasteiger partial charge in [-0.1, -0.05) is 0 Å². The minimum absolute atomic E-state index is 0.0364. The van der Waals surface area contributed by atoms with Crippen LogP contribution in [0.5, 0.6) is 11.5 Å². The van der Waals surface area contributed by atoms with Crippen LogP contribution in [0, 0.1) is 6.92 Å². The SMILES string of the molecule is COc1cc(O)cc(C)c1C(O)C(=O)O. The van der Waals surface area contributed by atoms with Crippen molar-refractivity contribution in [1.82, 2.24) is 0 Å². The van der Waals surface area contributed by atoms with Gasteiger partial charge in [-0.15, -0.1) is 0 Å². The normalized spacial score (nSPS) is 12.2. The summed E-state index contributed by atoms with van der Waals surface area (Å²) in [6, 6.07) is 2.62. The van der Waals surface area contributed by atoms with Gasteiger partial charge in [0, 0.05) is 11.6 Å². The van der Waals surface area contributed by atoms with E-state index in [9.17, 15) is 15.0 Å². The summed E-state index contributed by atoms with van der Waals surface area (Å²) in [5, 5.41) is 27.4. The number of methoxy groups -OCH3 is 1. The molecule has 82 valence electrons. The molecule has 1 unspecified atom stereocenters. The highest BCUT2D eigenvalue weighted by molar-refractivity contribution is 5.76. The molecule has 0 radical (unpaired) electrons. The van der Waals surface area contributed by atoms with Gasteiger partial charge in [-0.2, -0.15) is 0 Å². The Bertz CT molecular complexity index is 386. The number of rotatable bonds is 3. The Morgan fingerprint density at radius 1 is 1.47 bits per heavy atom. The van der Waals surface area contributed by atoms with Crippen molar-refractivity contribution in [3.63, 3.8) is 0 Å². The second-order valence-corrected chi connectivity index (χ2v) is 3.12. The van der Waals surface area contributed by atoms with E-state index in [0.29, 0.717) is 5.56 Å². The third-order valence-electron chi connectivity index (χ3n) is 2.06. The van der Waals surface area contributed by atoms with Crippen molar-refractivity contribution in [3.05, 3.63) is 23.3 Å². The largest absolute Gasteiger partial charge is 0.508 e. The highest BCUT2D eigenvalue weighted by Crippen LogP contribution is 2.32. The van der Waals surface area contributed by atoms with Crippen molar-refractivity contribution in [2.24, 2.45) is 0 Å². The van der Waals surface area contributed by atoms with Gasteiger partial charge in [0.1, 0.15) is 11.5 Å². The number of benzene rings is 1. The summed E-state index contributed by atoms with van der Waals surface area (Å²) in [4.78, 5) is 10.6. The molecule has 1 aromatic rings. The highest BCUT2D eigenvalue weighted by Gasteiger charge is 2.23. The molecule has 0 saturated carbocycles. The quantitative estimate of drug-likeness (QED) is 0.690. The number of phenols is 1. The van der Waals surface area contributed by atoms with Crippen LogP contribution in [0.25, 0.3) is 0 Å². The maximum absolute atomic E-state index is 10.6. The zero-order valence-electron chi connectivity index (χ0n) is 8.39. The maximum atomic E-state index is 10.6. The summed E-state index contributed by atoms with van der Waals surface area (Å²) in [5.41, 5.74) is 0.615. The lowest BCUT2D eigenvalue weighted by molar-refractivity contribution is -0.147. The molecular weight excluding hydrogens is 200 g/mol. The van der Waals surface area contributed by atoms with Gasteiger partial charge in [0.25, 0.3) is 0 Å². The van der Waals surface area contributed by atoms with Crippen molar-refractivity contribution in [1.29, 1.82) is 0 Å². The van der Waals surface area contributed by atoms with Gasteiger partial charge in [-0.25, -0.2) is 4.79 Å². The van der Waals surface area contributed by atoms with E-state index in [0.717, 1.165) is 0 Å². The van der Waals surface area contributed by atoms with E-state index in [-0.39, 0.29) is 17.1 Å². The Morgan fingerprint density at radius 2 is 2.07 bits per heavy atom. The van der Waals surface area contributed by atoms with Gasteiger partial charge >= 0.3 is 5.97 Å². The lowest BCUT2D eigenvalue weighted by Gasteiger charge is -2.14. The zero-order valence-corrected chi connectivity index (χ0v) is 8.39. The number of aromatic hydroxyl groups is 1. The number of aliphatic carboxylic acids is 1. The summed E-state index contributed by atoms with van der Waals surface area (Å²) in [6.45, 7) is 1.59. The first-order chi connectivity index (χ1) is 6.97. The fraction of sp³-hybridized carbons (Fsp3) is 0.300. The van der Waals surface area contributed by atoms with Gasteiger partial charge < -0.3 is 20.1 Å². The molecule has 0 aliphatic rings. The molecule has 1 rings (SSSR count). The van der Waals surface area contributed by atoms with Gasteiger partial charge in [-0.3, -0.25) is 0 Å². The number of aliphatic hydroxyl groups is 1. The number of carbonyl (C=O) groups is 1. The average Bonchev–Trinajstić information content (AvgIpc) is 2.15. The molecule has 0 aliphatic heterocycles. The molecule has 1 aromatic carbocycles. The van der Waals surface area contributed by atoms with Crippen LogP contribution in [0.3, 0.4) is 0 Å². The summed E-state index contributed by atoms with van der Waals surface area (Å²) >= 11 is 0. The number of aliphatic hydroxyl groups excluding tert-OH is 1. The highest BCUT2D eigenvalue weighted by atomic mass is 16.5. The predicted molar refractivity (Wildman–Crippen MR) is 52.0 cm³/mol. The second-order valence-electron chi connectivity index (χ2n) is 3.12. The third-order valence-corrected chi connectivity index (χ3v) is 2.06. The molecule has 0 bridgehead atoms. The van der Waals surface area contributed by atoms with Crippen LogP contribution >= 0.6 is 0 Å². The first-order valence-electron chi connectivity index (χ1n) is 4.25. The van der Waals surface area contributed by atoms with Crippen molar-refractivity contribution in [3.8, 4) is 11.5 Å². The van der Waals surface area contributed by atoms with Gasteiger partial charge in [-0.05, 0) is 18.6 Å². The number of aryl methyl sites for hydroxylation is 1. The van der Waals surface area contributed by atoms with Crippen LogP contribution in [0.15, 0.2) is 12.1 Å². The number of ether oxygens (including phenoxy) is 1. The zero-order chi connectivity index (χ0) is 11.6. The Kier molecular flexibility index (Phi) is 3.16. The van der Waals surface area contributed by atoms with E-state index in [1.165, 1.54) is 19.2 Å². The van der Waals surface area contributed by atoms with E-state index in [1.807, 2.05) is 0 Å². The fourth-order valence-corrected chi connectivity index (χ4v) is 1.39. The van der Waals surface area contributed by atoms with Gasteiger partial charge in [0.2, 0.25) is 0 Å². The Balaban J connectivity index is 3.32. The van der Waals surface area contributed by atoms with Crippen LogP contribution < -0.4 is 4.74 Å². The molecule has 15 heavy (non-hydrogen) atoms. The number of hydrogen-bond acceptors (Lipinski definition) is 4. The summed E-state index contributed by atoms with van der Waals surface area (Å²) in [5.74, 6) is -1.24. The van der Waals surface area contributed by atoms with E-state index in [4.69, 9.17) is 9.84 Å². The Hall–Kier alpha value is -1.75. The lowest BCUT2D eigenvalue weighted by atomic mass is 10.0. The molecule has 5 nitrogen and oxygen atoms in total. The second kappa shape index (κ2) is 4.18. The van der Waals surface area contributed by atoms with E-state index in [2.05, 4.69) is 0 Å². The summed E-state index contributed by atoms with van der Waals surface area (Å²) in [6.07, 6.45) is -1.65. The van der Waals surface area contributed by atoms with Gasteiger partial charge in [0.15, 0.2) is 6.10 Å². The monoisotopic (exact) mass is 212 g/mol. The van der Waals surface area contributed by atoms with E-state index >= 15 is 0 Å². The molecule has 3 N–H and O–H groups in total. The van der Waals surface area contributed by atoms with Crippen molar-refractivity contribution in [2.45, 2.75) is 13.0 Å². The van der Waals surface area contributed by atoms with E-state index < -0.39 is 12.1 Å². The number of hydrogen-bond donors (Lipinski definition) is 3. The third kappa shape index (κ3) is 2.19. The minimum atomic E-state index is -1.65. The van der Waals surface area contributed by atoms with Crippen LogP contribution in [-0.4, -0.2) is 28.4 Å². The molecule has 1 atom stereocenters. The standard InChI is InChI=1S/C10H12O5/c1-5-3-6(11)4-7(15-2)8(5)9(12)10(13)14/h3-4,9,11-12H,1-2H3,(H,13,14). The van der Waals surface area contributed by atoms with Gasteiger partial charge in [0.05, 0.1) is 7.11 Å². The lowest BCUT2D eigenvalue weighted by Crippen LogP contribution is -2.13. The predicted octanol–water partition coefficient (Wildman–Crippen LogP) is 0.827. The molecule has 0 spiro atoms. The van der Waals surface area contributed by atoms with Crippen LogP contribution in [0.4, 0.5) is 0 Å². The van der Waals surface area contributed by atoms with Crippen molar-refractivity contribution < 1.29 is 24.9 Å². The van der Waals surface area contributed by atoms with Crippen LogP contribution in [0.1, 0.15) is 17.2 Å². The molecule has 0 fully saturated rings. The molecule has 0 heterocycles. The molecule has 0 aromatic heterocycles. The molecule has 0 saturated heterocycles. The Morgan fingerprint density at radius 3 is 2.53 bits per heavy atom. The van der Waals surface area contributed by atoms with Crippen molar-refractivity contribution >= 4 is 5.97 Å². The maximum Gasteiger partial charge on any atom is 0.337 e. The Labute approximate surface area is 86.5 Å². The van der Waals surface area contributed by atoms with Crippen LogP contribution in [-0.2, 0) is 4.79 Å². The minimum Gasteiger partial charge on any atom is -0.508 e. The first kappa shape index (κ1) is 11.3. The molecule has 5 heteroatoms. The van der Waals surface area contributed by atoms with Crippen molar-refractivity contribution in [2.75, 3.05) is 7.11 Å². The summed E-state index contributed by atoms with van der Waals surface area (Å²) < 4.78 is 4.89. The topological polar surface area (TPSA) is 87.0 Å². The van der Waals surface area contributed by atoms with Crippen LogP contribution in [0.2, 0.25) is 0 Å². The average molecular weight is 212 g/mol. The fourth-order valence-electron chi connectivity index (χ4n) is 1.39. The summed E-state index contributed by atoms with van der Waals surface area (Å²) in [7, 11) is 1.34. The molecule has 0 aliphatic carbocycles. The first-order valence-corrected chi connectivity index (χ1v) is 4.25.